The number of hydrogen-bond acceptors (Lipinski definition) is 4. The average Bonchev–Trinajstić information content (AvgIpc) is 2.23. The summed E-state index contributed by atoms with van der Waals surface area (Å²) in [6, 6.07) is 6.99. The summed E-state index contributed by atoms with van der Waals surface area (Å²) in [7, 11) is -3.41. The van der Waals surface area contributed by atoms with Crippen molar-refractivity contribution in [2.75, 3.05) is 12.4 Å². The third-order valence-corrected chi connectivity index (χ3v) is 2.78. The van der Waals surface area contributed by atoms with Crippen LogP contribution in [-0.4, -0.2) is 25.9 Å². The van der Waals surface area contributed by atoms with Gasteiger partial charge in [0.1, 0.15) is 5.75 Å². The zero-order valence-corrected chi connectivity index (χ0v) is 9.61. The van der Waals surface area contributed by atoms with E-state index in [9.17, 15) is 8.42 Å². The molecule has 5 nitrogen and oxygen atoms in total. The van der Waals surface area contributed by atoms with Crippen LogP contribution in [0.2, 0.25) is 0 Å². The molecule has 0 aliphatic carbocycles. The van der Waals surface area contributed by atoms with Crippen LogP contribution in [0, 0.1) is 0 Å². The summed E-state index contributed by atoms with van der Waals surface area (Å²) >= 11 is 0. The van der Waals surface area contributed by atoms with Crippen LogP contribution in [0.15, 0.2) is 24.3 Å². The normalized spacial score (nSPS) is 11.4. The number of ether oxygens (including phenoxy) is 1. The molecule has 0 aromatic heterocycles. The van der Waals surface area contributed by atoms with E-state index in [0.29, 0.717) is 12.2 Å². The molecule has 6 heteroatoms. The molecule has 0 saturated carbocycles. The lowest BCUT2D eigenvalue weighted by Gasteiger charge is -2.06. The molecule has 16 heavy (non-hydrogen) atoms. The van der Waals surface area contributed by atoms with Gasteiger partial charge in [-0.15, -0.1) is 0 Å². The van der Waals surface area contributed by atoms with Crippen molar-refractivity contribution in [1.29, 1.82) is 0 Å². The molecule has 90 valence electrons. The van der Waals surface area contributed by atoms with Gasteiger partial charge in [-0.25, -0.2) is 13.6 Å². The number of sulfonamides is 1. The van der Waals surface area contributed by atoms with Gasteiger partial charge < -0.3 is 9.84 Å². The number of benzene rings is 1. The predicted octanol–water partition coefficient (Wildman–Crippen LogP) is 0.236. The van der Waals surface area contributed by atoms with Crippen LogP contribution in [0.4, 0.5) is 0 Å². The van der Waals surface area contributed by atoms with Crippen LogP contribution in [0.3, 0.4) is 0 Å². The van der Waals surface area contributed by atoms with Crippen LogP contribution in [0.1, 0.15) is 12.0 Å². The number of aliphatic hydroxyl groups excluding tert-OH is 1. The van der Waals surface area contributed by atoms with Crippen molar-refractivity contribution in [2.45, 2.75) is 13.0 Å². The third kappa shape index (κ3) is 5.11. The Morgan fingerprint density at radius 2 is 2.12 bits per heavy atom. The number of rotatable bonds is 6. The Labute approximate surface area is 94.9 Å². The minimum atomic E-state index is -3.41. The van der Waals surface area contributed by atoms with Crippen LogP contribution in [-0.2, 0) is 16.6 Å². The smallest absolute Gasteiger partial charge is 0.209 e. The maximum absolute atomic E-state index is 10.6. The van der Waals surface area contributed by atoms with E-state index in [1.54, 1.807) is 24.3 Å². The van der Waals surface area contributed by atoms with E-state index < -0.39 is 10.0 Å². The second-order valence-corrected chi connectivity index (χ2v) is 5.11. The van der Waals surface area contributed by atoms with E-state index >= 15 is 0 Å². The lowest BCUT2D eigenvalue weighted by molar-refractivity contribution is 0.279. The van der Waals surface area contributed by atoms with E-state index in [1.165, 1.54) is 0 Å². The van der Waals surface area contributed by atoms with Gasteiger partial charge in [0.05, 0.1) is 19.0 Å². The quantitative estimate of drug-likeness (QED) is 0.702. The second-order valence-electron chi connectivity index (χ2n) is 3.37. The lowest BCUT2D eigenvalue weighted by Crippen LogP contribution is -2.18. The van der Waals surface area contributed by atoms with E-state index in [2.05, 4.69) is 0 Å². The Bertz CT molecular complexity index is 430. The molecule has 0 spiro atoms. The Morgan fingerprint density at radius 1 is 1.38 bits per heavy atom. The van der Waals surface area contributed by atoms with Gasteiger partial charge in [-0.1, -0.05) is 12.1 Å². The molecule has 0 fully saturated rings. The molecule has 1 rings (SSSR count). The van der Waals surface area contributed by atoms with Gasteiger partial charge in [0.25, 0.3) is 0 Å². The van der Waals surface area contributed by atoms with Crippen LogP contribution in [0.5, 0.6) is 5.75 Å². The number of hydrogen-bond donors (Lipinski definition) is 2. The average molecular weight is 245 g/mol. The van der Waals surface area contributed by atoms with Crippen LogP contribution >= 0.6 is 0 Å². The Hall–Kier alpha value is -1.11. The van der Waals surface area contributed by atoms with Crippen molar-refractivity contribution in [3.63, 3.8) is 0 Å². The third-order valence-electron chi connectivity index (χ3n) is 1.92. The van der Waals surface area contributed by atoms with Gasteiger partial charge in [-0.3, -0.25) is 0 Å². The summed E-state index contributed by atoms with van der Waals surface area (Å²) in [5.74, 6) is 0.521. The molecule has 0 unspecified atom stereocenters. The lowest BCUT2D eigenvalue weighted by atomic mass is 10.2. The van der Waals surface area contributed by atoms with E-state index in [-0.39, 0.29) is 19.0 Å². The van der Waals surface area contributed by atoms with Crippen molar-refractivity contribution in [3.8, 4) is 5.75 Å². The van der Waals surface area contributed by atoms with Crippen molar-refractivity contribution in [2.24, 2.45) is 5.14 Å². The first-order valence-electron chi connectivity index (χ1n) is 4.84. The van der Waals surface area contributed by atoms with Gasteiger partial charge in [-0.2, -0.15) is 0 Å². The van der Waals surface area contributed by atoms with Gasteiger partial charge >= 0.3 is 0 Å². The van der Waals surface area contributed by atoms with Crippen molar-refractivity contribution in [1.82, 2.24) is 0 Å². The summed E-state index contributed by atoms with van der Waals surface area (Å²) in [6.45, 7) is 0.236. The SMILES string of the molecule is NS(=O)(=O)CCCOc1cccc(CO)c1. The highest BCUT2D eigenvalue weighted by molar-refractivity contribution is 7.89. The molecule has 0 aliphatic heterocycles. The highest BCUT2D eigenvalue weighted by Crippen LogP contribution is 2.13. The van der Waals surface area contributed by atoms with Crippen LogP contribution in [0.25, 0.3) is 0 Å². The van der Waals surface area contributed by atoms with E-state index in [1.807, 2.05) is 0 Å². The zero-order chi connectivity index (χ0) is 12.0. The molecular formula is C10H15NO4S. The van der Waals surface area contributed by atoms with Gasteiger partial charge in [0.15, 0.2) is 0 Å². The Kier molecular flexibility index (Phi) is 4.72. The van der Waals surface area contributed by atoms with Crippen molar-refractivity contribution >= 4 is 10.0 Å². The molecule has 1 aromatic rings. The number of aliphatic hydroxyl groups is 1. The van der Waals surface area contributed by atoms with Crippen LogP contribution < -0.4 is 9.88 Å². The summed E-state index contributed by atoms with van der Waals surface area (Å²) < 4.78 is 26.6. The fraction of sp³-hybridized carbons (Fsp3) is 0.400. The Balaban J connectivity index is 2.37. The Morgan fingerprint density at radius 3 is 2.75 bits per heavy atom. The molecule has 0 atom stereocenters. The standard InChI is InChI=1S/C10H15NO4S/c11-16(13,14)6-2-5-15-10-4-1-3-9(7-10)8-12/h1,3-4,7,12H,2,5-6,8H2,(H2,11,13,14). The number of primary sulfonamides is 1. The molecule has 3 N–H and O–H groups in total. The number of nitrogens with two attached hydrogens (primary N) is 1. The summed E-state index contributed by atoms with van der Waals surface area (Å²) in [6.07, 6.45) is 0.349. The monoisotopic (exact) mass is 245 g/mol. The first-order valence-corrected chi connectivity index (χ1v) is 6.56. The summed E-state index contributed by atoms with van der Waals surface area (Å²) in [5, 5.41) is 13.7. The molecule has 0 saturated heterocycles. The first-order chi connectivity index (χ1) is 7.51. The van der Waals surface area contributed by atoms with Gasteiger partial charge in [0.2, 0.25) is 10.0 Å². The fourth-order valence-electron chi connectivity index (χ4n) is 1.18. The minimum absolute atomic E-state index is 0.0472. The van der Waals surface area contributed by atoms with E-state index in [4.69, 9.17) is 15.0 Å². The molecule has 0 amide bonds. The molecule has 0 aliphatic rings. The predicted molar refractivity (Wildman–Crippen MR) is 60.5 cm³/mol. The largest absolute Gasteiger partial charge is 0.494 e. The van der Waals surface area contributed by atoms with E-state index in [0.717, 1.165) is 5.56 Å². The minimum Gasteiger partial charge on any atom is -0.494 e. The van der Waals surface area contributed by atoms with Gasteiger partial charge in [0, 0.05) is 0 Å². The zero-order valence-electron chi connectivity index (χ0n) is 8.80. The molecule has 0 heterocycles. The second kappa shape index (κ2) is 5.83. The van der Waals surface area contributed by atoms with Crippen molar-refractivity contribution < 1.29 is 18.3 Å². The molecule has 1 aromatic carbocycles. The van der Waals surface area contributed by atoms with Gasteiger partial charge in [-0.05, 0) is 24.1 Å². The highest BCUT2D eigenvalue weighted by atomic mass is 32.2. The maximum Gasteiger partial charge on any atom is 0.209 e. The fourth-order valence-corrected chi connectivity index (χ4v) is 1.70. The topological polar surface area (TPSA) is 89.6 Å². The molecule has 0 bridgehead atoms. The first kappa shape index (κ1) is 13.0. The summed E-state index contributed by atoms with van der Waals surface area (Å²) in [5.41, 5.74) is 0.754. The molecular weight excluding hydrogens is 230 g/mol. The van der Waals surface area contributed by atoms with Crippen molar-refractivity contribution in [3.05, 3.63) is 29.8 Å². The summed E-state index contributed by atoms with van der Waals surface area (Å²) in [4.78, 5) is 0. The maximum atomic E-state index is 10.6. The highest BCUT2D eigenvalue weighted by Gasteiger charge is 2.02. The molecule has 0 radical (unpaired) electrons.